The first-order valence-corrected chi connectivity index (χ1v) is 12.0. The van der Waals surface area contributed by atoms with Crippen molar-refractivity contribution in [3.63, 3.8) is 0 Å². The van der Waals surface area contributed by atoms with Crippen LogP contribution in [0.4, 0.5) is 15.8 Å². The lowest BCUT2D eigenvalue weighted by molar-refractivity contribution is 0.102. The van der Waals surface area contributed by atoms with Crippen LogP contribution in [0.3, 0.4) is 0 Å². The summed E-state index contributed by atoms with van der Waals surface area (Å²) in [5.41, 5.74) is 1.68. The number of carbonyl (C=O) groups excluding carboxylic acids is 1. The molecule has 32 heavy (non-hydrogen) atoms. The summed E-state index contributed by atoms with van der Waals surface area (Å²) in [5.74, 6) is -0.395. The molecule has 0 heterocycles. The van der Waals surface area contributed by atoms with Crippen molar-refractivity contribution >= 4 is 38.9 Å². The van der Waals surface area contributed by atoms with Crippen molar-refractivity contribution in [3.05, 3.63) is 88.7 Å². The average Bonchev–Trinajstić information content (AvgIpc) is 2.74. The van der Waals surface area contributed by atoms with Gasteiger partial charge in [0, 0.05) is 21.8 Å². The number of hydrogen-bond acceptors (Lipinski definition) is 4. The summed E-state index contributed by atoms with van der Waals surface area (Å²) in [6.45, 7) is 2.07. The molecule has 0 unspecified atom stereocenters. The molecule has 0 saturated carbocycles. The van der Waals surface area contributed by atoms with E-state index in [9.17, 15) is 17.6 Å². The van der Waals surface area contributed by atoms with Gasteiger partial charge in [-0.15, -0.1) is 0 Å². The number of ether oxygens (including phenoxy) is 1. The second-order valence-electron chi connectivity index (χ2n) is 6.96. The summed E-state index contributed by atoms with van der Waals surface area (Å²) in [5, 5.41) is 3.32. The molecule has 0 aliphatic carbocycles. The van der Waals surface area contributed by atoms with E-state index in [-0.39, 0.29) is 12.5 Å². The Labute approximate surface area is 191 Å². The predicted molar refractivity (Wildman–Crippen MR) is 124 cm³/mol. The standard InChI is InChI=1S/C23H22ClFN2O4S/c1-3-31-22-13-4-16(23(28)26-20-9-5-18(24)6-10-20)14-17(22)15-27(32(2,29)30)21-11-7-19(25)8-12-21/h4-14H,3,15H2,1-2H3,(H,26,28). The molecular weight excluding hydrogens is 455 g/mol. The van der Waals surface area contributed by atoms with Crippen LogP contribution in [0, 0.1) is 5.82 Å². The molecule has 0 saturated heterocycles. The lowest BCUT2D eigenvalue weighted by Crippen LogP contribution is -2.29. The number of anilines is 2. The van der Waals surface area contributed by atoms with Crippen LogP contribution in [-0.4, -0.2) is 27.2 Å². The van der Waals surface area contributed by atoms with Gasteiger partial charge in [0.2, 0.25) is 10.0 Å². The second-order valence-corrected chi connectivity index (χ2v) is 9.31. The average molecular weight is 477 g/mol. The molecule has 3 rings (SSSR count). The molecule has 3 aromatic rings. The summed E-state index contributed by atoms with van der Waals surface area (Å²) < 4.78 is 45.1. The molecule has 168 valence electrons. The van der Waals surface area contributed by atoms with Crippen molar-refractivity contribution in [2.75, 3.05) is 22.5 Å². The number of nitrogens with one attached hydrogen (secondary N) is 1. The first-order valence-electron chi connectivity index (χ1n) is 9.73. The van der Waals surface area contributed by atoms with Crippen molar-refractivity contribution in [2.24, 2.45) is 0 Å². The molecule has 0 aliphatic rings. The Kier molecular flexibility index (Phi) is 7.37. The van der Waals surface area contributed by atoms with Crippen molar-refractivity contribution in [3.8, 4) is 5.75 Å². The van der Waals surface area contributed by atoms with Gasteiger partial charge in [0.1, 0.15) is 11.6 Å². The molecule has 9 heteroatoms. The Morgan fingerprint density at radius 3 is 2.31 bits per heavy atom. The minimum absolute atomic E-state index is 0.0954. The molecule has 6 nitrogen and oxygen atoms in total. The van der Waals surface area contributed by atoms with Crippen LogP contribution in [-0.2, 0) is 16.6 Å². The third-order valence-electron chi connectivity index (χ3n) is 4.55. The van der Waals surface area contributed by atoms with Crippen LogP contribution in [0.2, 0.25) is 5.02 Å². The predicted octanol–water partition coefficient (Wildman–Crippen LogP) is 5.10. The fraction of sp³-hybridized carbons (Fsp3) is 0.174. The number of amides is 1. The normalized spacial score (nSPS) is 11.1. The van der Waals surface area contributed by atoms with E-state index in [1.54, 1.807) is 49.4 Å². The third kappa shape index (κ3) is 5.99. The molecule has 0 radical (unpaired) electrons. The number of rotatable bonds is 8. The van der Waals surface area contributed by atoms with E-state index in [4.69, 9.17) is 16.3 Å². The van der Waals surface area contributed by atoms with E-state index in [1.807, 2.05) is 0 Å². The maximum Gasteiger partial charge on any atom is 0.255 e. The maximum absolute atomic E-state index is 13.3. The van der Waals surface area contributed by atoms with Crippen molar-refractivity contribution < 1.29 is 22.3 Å². The molecular formula is C23H22ClFN2O4S. The number of hydrogen-bond donors (Lipinski definition) is 1. The first-order chi connectivity index (χ1) is 15.2. The Hall–Kier alpha value is -3.10. The topological polar surface area (TPSA) is 75.7 Å². The number of nitrogens with zero attached hydrogens (tertiary/aromatic N) is 1. The van der Waals surface area contributed by atoms with Gasteiger partial charge in [-0.3, -0.25) is 9.10 Å². The van der Waals surface area contributed by atoms with Crippen molar-refractivity contribution in [2.45, 2.75) is 13.5 Å². The highest BCUT2D eigenvalue weighted by Gasteiger charge is 2.21. The SMILES string of the molecule is CCOc1ccc(C(=O)Nc2ccc(Cl)cc2)cc1CN(c1ccc(F)cc1)S(C)(=O)=O. The Bertz CT molecular complexity index is 1200. The number of benzene rings is 3. The molecule has 0 spiro atoms. The molecule has 0 bridgehead atoms. The van der Waals surface area contributed by atoms with Crippen LogP contribution < -0.4 is 14.4 Å². The third-order valence-corrected chi connectivity index (χ3v) is 5.95. The molecule has 3 aromatic carbocycles. The lowest BCUT2D eigenvalue weighted by atomic mass is 10.1. The Morgan fingerprint density at radius 2 is 1.72 bits per heavy atom. The van der Waals surface area contributed by atoms with E-state index in [0.717, 1.165) is 10.6 Å². The minimum Gasteiger partial charge on any atom is -0.494 e. The summed E-state index contributed by atoms with van der Waals surface area (Å²) in [7, 11) is -3.70. The van der Waals surface area contributed by atoms with E-state index < -0.39 is 15.8 Å². The molecule has 0 atom stereocenters. The summed E-state index contributed by atoms with van der Waals surface area (Å²) >= 11 is 5.88. The summed E-state index contributed by atoms with van der Waals surface area (Å²) in [6, 6.07) is 16.6. The summed E-state index contributed by atoms with van der Waals surface area (Å²) in [4.78, 5) is 12.8. The van der Waals surface area contributed by atoms with E-state index >= 15 is 0 Å². The lowest BCUT2D eigenvalue weighted by Gasteiger charge is -2.24. The van der Waals surface area contributed by atoms with Crippen LogP contribution in [0.5, 0.6) is 5.75 Å². The summed E-state index contributed by atoms with van der Waals surface area (Å²) in [6.07, 6.45) is 1.06. The molecule has 0 fully saturated rings. The molecule has 0 aliphatic heterocycles. The van der Waals surface area contributed by atoms with Gasteiger partial charge < -0.3 is 10.1 Å². The maximum atomic E-state index is 13.3. The van der Waals surface area contributed by atoms with Gasteiger partial charge in [-0.05, 0) is 73.7 Å². The molecule has 1 amide bonds. The van der Waals surface area contributed by atoms with Crippen molar-refractivity contribution in [1.29, 1.82) is 0 Å². The van der Waals surface area contributed by atoms with Crippen LogP contribution in [0.25, 0.3) is 0 Å². The van der Waals surface area contributed by atoms with Gasteiger partial charge in [0.05, 0.1) is 25.1 Å². The van der Waals surface area contributed by atoms with E-state index in [2.05, 4.69) is 5.32 Å². The smallest absolute Gasteiger partial charge is 0.255 e. The molecule has 1 N–H and O–H groups in total. The minimum atomic E-state index is -3.70. The van der Waals surface area contributed by atoms with E-state index in [1.165, 1.54) is 24.3 Å². The Balaban J connectivity index is 1.94. The second kappa shape index (κ2) is 10.0. The highest BCUT2D eigenvalue weighted by molar-refractivity contribution is 7.92. The van der Waals surface area contributed by atoms with Crippen molar-refractivity contribution in [1.82, 2.24) is 0 Å². The van der Waals surface area contributed by atoms with Gasteiger partial charge in [0.25, 0.3) is 5.91 Å². The monoisotopic (exact) mass is 476 g/mol. The van der Waals surface area contributed by atoms with Crippen LogP contribution in [0.15, 0.2) is 66.7 Å². The zero-order chi connectivity index (χ0) is 23.3. The van der Waals surface area contributed by atoms with E-state index in [0.29, 0.717) is 39.9 Å². The Morgan fingerprint density at radius 1 is 1.06 bits per heavy atom. The fourth-order valence-electron chi connectivity index (χ4n) is 3.04. The van der Waals surface area contributed by atoms with Gasteiger partial charge in [-0.2, -0.15) is 0 Å². The highest BCUT2D eigenvalue weighted by Crippen LogP contribution is 2.27. The quantitative estimate of drug-likeness (QED) is 0.491. The van der Waals surface area contributed by atoms with Gasteiger partial charge >= 0.3 is 0 Å². The number of sulfonamides is 1. The van der Waals surface area contributed by atoms with Crippen LogP contribution >= 0.6 is 11.6 Å². The van der Waals surface area contributed by atoms with Gasteiger partial charge in [-0.1, -0.05) is 11.6 Å². The number of halogens is 2. The largest absolute Gasteiger partial charge is 0.494 e. The van der Waals surface area contributed by atoms with Gasteiger partial charge in [0.15, 0.2) is 0 Å². The number of carbonyl (C=O) groups is 1. The highest BCUT2D eigenvalue weighted by atomic mass is 35.5. The molecule has 0 aromatic heterocycles. The fourth-order valence-corrected chi connectivity index (χ4v) is 4.04. The van der Waals surface area contributed by atoms with Crippen LogP contribution in [0.1, 0.15) is 22.8 Å². The van der Waals surface area contributed by atoms with Gasteiger partial charge in [-0.25, -0.2) is 12.8 Å². The first kappa shape index (κ1) is 23.6. The zero-order valence-electron chi connectivity index (χ0n) is 17.5. The zero-order valence-corrected chi connectivity index (χ0v) is 19.1.